The number of piperidine rings is 1. The van der Waals surface area contributed by atoms with Crippen LogP contribution in [0.15, 0.2) is 22.7 Å². The van der Waals surface area contributed by atoms with Crippen LogP contribution in [0.2, 0.25) is 10.0 Å². The molecular formula is C19H24Cl2N4O2. The molecule has 0 radical (unpaired) electrons. The van der Waals surface area contributed by atoms with Crippen LogP contribution in [0, 0.1) is 5.92 Å². The van der Waals surface area contributed by atoms with Crippen molar-refractivity contribution in [1.82, 2.24) is 19.9 Å². The lowest BCUT2D eigenvalue weighted by Gasteiger charge is -2.33. The van der Waals surface area contributed by atoms with Gasteiger partial charge in [-0.1, -0.05) is 28.4 Å². The van der Waals surface area contributed by atoms with Crippen LogP contribution >= 0.6 is 23.2 Å². The first kappa shape index (κ1) is 20.1. The molecule has 1 aromatic heterocycles. The number of amides is 1. The number of likely N-dealkylation sites (tertiary alicyclic amines) is 1. The Kier molecular flexibility index (Phi) is 6.73. The van der Waals surface area contributed by atoms with E-state index in [1.54, 1.807) is 18.2 Å². The smallest absolute Gasteiger partial charge is 0.241 e. The standard InChI is InChI=1S/C19H24Cl2N4O2/c1-3-25(4-2)19(26)13-6-5-9-24(11-13)12-17-22-18(23-27-17)15-8-7-14(20)10-16(15)21/h7-8,10,13H,3-6,9,11-12H2,1-2H3. The second kappa shape index (κ2) is 9.04. The van der Waals surface area contributed by atoms with E-state index in [4.69, 9.17) is 27.7 Å². The maximum absolute atomic E-state index is 12.6. The molecule has 27 heavy (non-hydrogen) atoms. The van der Waals surface area contributed by atoms with Gasteiger partial charge in [0.1, 0.15) is 0 Å². The summed E-state index contributed by atoms with van der Waals surface area (Å²) in [5.74, 6) is 1.24. The number of nitrogens with zero attached hydrogens (tertiary/aromatic N) is 4. The Morgan fingerprint density at radius 1 is 1.33 bits per heavy atom. The van der Waals surface area contributed by atoms with Gasteiger partial charge in [0.15, 0.2) is 0 Å². The third-order valence-electron chi connectivity index (χ3n) is 4.93. The molecule has 1 atom stereocenters. The van der Waals surface area contributed by atoms with E-state index in [2.05, 4.69) is 15.0 Å². The quantitative estimate of drug-likeness (QED) is 0.716. The fourth-order valence-corrected chi connectivity index (χ4v) is 3.98. The van der Waals surface area contributed by atoms with Gasteiger partial charge in [-0.25, -0.2) is 0 Å². The van der Waals surface area contributed by atoms with Gasteiger partial charge in [-0.2, -0.15) is 4.98 Å². The van der Waals surface area contributed by atoms with E-state index < -0.39 is 0 Å². The fourth-order valence-electron chi connectivity index (χ4n) is 3.48. The predicted octanol–water partition coefficient (Wildman–Crippen LogP) is 4.12. The van der Waals surface area contributed by atoms with E-state index in [0.29, 0.717) is 33.9 Å². The Bertz CT molecular complexity index is 792. The lowest BCUT2D eigenvalue weighted by atomic mass is 9.96. The highest BCUT2D eigenvalue weighted by Crippen LogP contribution is 2.29. The molecule has 1 aromatic carbocycles. The molecule has 0 aliphatic carbocycles. The van der Waals surface area contributed by atoms with Gasteiger partial charge in [0.05, 0.1) is 17.5 Å². The van der Waals surface area contributed by atoms with E-state index in [0.717, 1.165) is 39.0 Å². The van der Waals surface area contributed by atoms with Gasteiger partial charge in [0, 0.05) is 30.2 Å². The first-order valence-corrected chi connectivity index (χ1v) is 10.1. The number of aromatic nitrogens is 2. The van der Waals surface area contributed by atoms with Gasteiger partial charge in [0.25, 0.3) is 0 Å². The largest absolute Gasteiger partial charge is 0.343 e. The zero-order valence-corrected chi connectivity index (χ0v) is 17.1. The average Bonchev–Trinajstić information content (AvgIpc) is 3.11. The maximum atomic E-state index is 12.6. The summed E-state index contributed by atoms with van der Waals surface area (Å²) in [6.45, 7) is 7.70. The molecule has 2 aromatic rings. The summed E-state index contributed by atoms with van der Waals surface area (Å²) < 4.78 is 5.40. The van der Waals surface area contributed by atoms with Crippen LogP contribution in [0.4, 0.5) is 0 Å². The third-order valence-corrected chi connectivity index (χ3v) is 5.48. The second-order valence-corrected chi connectivity index (χ2v) is 7.56. The van der Waals surface area contributed by atoms with Gasteiger partial charge in [0.2, 0.25) is 17.6 Å². The predicted molar refractivity (Wildman–Crippen MR) is 106 cm³/mol. The molecule has 0 N–H and O–H groups in total. The Hall–Kier alpha value is -1.63. The molecule has 1 amide bonds. The SMILES string of the molecule is CCN(CC)C(=O)C1CCCN(Cc2nc(-c3ccc(Cl)cc3Cl)no2)C1. The van der Waals surface area contributed by atoms with Gasteiger partial charge < -0.3 is 9.42 Å². The second-order valence-electron chi connectivity index (χ2n) is 6.72. The molecule has 1 aliphatic rings. The first-order chi connectivity index (χ1) is 13.0. The van der Waals surface area contributed by atoms with Crippen LogP contribution in [0.1, 0.15) is 32.6 Å². The number of rotatable bonds is 6. The van der Waals surface area contributed by atoms with Gasteiger partial charge in [-0.15, -0.1) is 0 Å². The highest BCUT2D eigenvalue weighted by atomic mass is 35.5. The third kappa shape index (κ3) is 4.81. The minimum Gasteiger partial charge on any atom is -0.343 e. The summed E-state index contributed by atoms with van der Waals surface area (Å²) in [7, 11) is 0. The normalized spacial score (nSPS) is 17.9. The van der Waals surface area contributed by atoms with Crippen LogP contribution in [0.3, 0.4) is 0 Å². The molecule has 0 spiro atoms. The number of hydrogen-bond donors (Lipinski definition) is 0. The van der Waals surface area contributed by atoms with E-state index in [9.17, 15) is 4.79 Å². The minimum absolute atomic E-state index is 0.0340. The van der Waals surface area contributed by atoms with Crippen LogP contribution in [0.5, 0.6) is 0 Å². The molecule has 146 valence electrons. The monoisotopic (exact) mass is 410 g/mol. The Morgan fingerprint density at radius 3 is 2.81 bits per heavy atom. The maximum Gasteiger partial charge on any atom is 0.241 e. The van der Waals surface area contributed by atoms with E-state index in [1.807, 2.05) is 18.7 Å². The van der Waals surface area contributed by atoms with Crippen molar-refractivity contribution in [2.24, 2.45) is 5.92 Å². The number of hydrogen-bond acceptors (Lipinski definition) is 5. The van der Waals surface area contributed by atoms with Crippen molar-refractivity contribution in [3.05, 3.63) is 34.1 Å². The molecule has 1 fully saturated rings. The van der Waals surface area contributed by atoms with Gasteiger partial charge >= 0.3 is 0 Å². The van der Waals surface area contributed by atoms with Crippen LogP contribution in [-0.2, 0) is 11.3 Å². The van der Waals surface area contributed by atoms with Gasteiger partial charge in [-0.05, 0) is 51.4 Å². The number of carbonyl (C=O) groups is 1. The summed E-state index contributed by atoms with van der Waals surface area (Å²) in [5.41, 5.74) is 0.685. The molecule has 6 nitrogen and oxygen atoms in total. The highest BCUT2D eigenvalue weighted by molar-refractivity contribution is 6.36. The molecule has 3 rings (SSSR count). The summed E-state index contributed by atoms with van der Waals surface area (Å²) >= 11 is 12.2. The molecular weight excluding hydrogens is 387 g/mol. The van der Waals surface area contributed by atoms with Crippen molar-refractivity contribution in [2.75, 3.05) is 26.2 Å². The van der Waals surface area contributed by atoms with Crippen LogP contribution in [0.25, 0.3) is 11.4 Å². The molecule has 1 unspecified atom stereocenters. The van der Waals surface area contributed by atoms with Crippen LogP contribution < -0.4 is 0 Å². The minimum atomic E-state index is 0.0340. The summed E-state index contributed by atoms with van der Waals surface area (Å²) in [6.07, 6.45) is 1.92. The topological polar surface area (TPSA) is 62.5 Å². The number of benzene rings is 1. The molecule has 1 aliphatic heterocycles. The van der Waals surface area contributed by atoms with E-state index in [-0.39, 0.29) is 11.8 Å². The Balaban J connectivity index is 1.65. The Morgan fingerprint density at radius 2 is 2.11 bits per heavy atom. The number of halogens is 2. The summed E-state index contributed by atoms with van der Waals surface area (Å²) in [4.78, 5) is 21.2. The molecule has 8 heteroatoms. The molecule has 1 saturated heterocycles. The zero-order chi connectivity index (χ0) is 19.4. The molecule has 2 heterocycles. The van der Waals surface area contributed by atoms with E-state index in [1.165, 1.54) is 0 Å². The van der Waals surface area contributed by atoms with Crippen LogP contribution in [-0.4, -0.2) is 52.0 Å². The summed E-state index contributed by atoms with van der Waals surface area (Å²) in [6, 6.07) is 5.17. The van der Waals surface area contributed by atoms with Crippen molar-refractivity contribution in [1.29, 1.82) is 0 Å². The lowest BCUT2D eigenvalue weighted by molar-refractivity contribution is -0.137. The fraction of sp³-hybridized carbons (Fsp3) is 0.526. The van der Waals surface area contributed by atoms with Crippen molar-refractivity contribution < 1.29 is 9.32 Å². The highest BCUT2D eigenvalue weighted by Gasteiger charge is 2.29. The first-order valence-electron chi connectivity index (χ1n) is 9.31. The Labute approximate surface area is 169 Å². The van der Waals surface area contributed by atoms with Crippen molar-refractivity contribution in [2.45, 2.75) is 33.2 Å². The molecule has 0 saturated carbocycles. The lowest BCUT2D eigenvalue weighted by Crippen LogP contribution is -2.44. The van der Waals surface area contributed by atoms with Crippen molar-refractivity contribution >= 4 is 29.1 Å². The van der Waals surface area contributed by atoms with Crippen molar-refractivity contribution in [3.8, 4) is 11.4 Å². The van der Waals surface area contributed by atoms with Gasteiger partial charge in [-0.3, -0.25) is 9.69 Å². The zero-order valence-electron chi connectivity index (χ0n) is 15.6. The average molecular weight is 411 g/mol. The number of carbonyl (C=O) groups excluding carboxylic acids is 1. The van der Waals surface area contributed by atoms with E-state index >= 15 is 0 Å². The molecule has 0 bridgehead atoms. The van der Waals surface area contributed by atoms with Crippen molar-refractivity contribution in [3.63, 3.8) is 0 Å². The summed E-state index contributed by atoms with van der Waals surface area (Å²) in [5, 5.41) is 5.08.